The van der Waals surface area contributed by atoms with Crippen LogP contribution < -0.4 is 0 Å². The maximum atomic E-state index is 11.1. The summed E-state index contributed by atoms with van der Waals surface area (Å²) < 4.78 is 4.92. The Morgan fingerprint density at radius 3 is 2.32 bits per heavy atom. The first-order valence-corrected chi connectivity index (χ1v) is 5.45. The van der Waals surface area contributed by atoms with Gasteiger partial charge in [-0.15, -0.1) is 0 Å². The summed E-state index contributed by atoms with van der Waals surface area (Å²) in [5.74, 6) is -2.01. The van der Waals surface area contributed by atoms with Crippen LogP contribution in [0.3, 0.4) is 0 Å². The summed E-state index contributed by atoms with van der Waals surface area (Å²) in [5, 5.41) is 21.3. The van der Waals surface area contributed by atoms with Gasteiger partial charge in [0.2, 0.25) is 0 Å². The molecule has 6 heteroatoms. The third kappa shape index (κ3) is 2.33. The van der Waals surface area contributed by atoms with Crippen molar-refractivity contribution in [2.45, 2.75) is 13.8 Å². The molecule has 0 fully saturated rings. The molecule has 2 rings (SSSR count). The van der Waals surface area contributed by atoms with Gasteiger partial charge in [-0.2, -0.15) is 0 Å². The van der Waals surface area contributed by atoms with Crippen LogP contribution in [0.1, 0.15) is 32.0 Å². The summed E-state index contributed by atoms with van der Waals surface area (Å²) in [6.45, 7) is 3.49. The van der Waals surface area contributed by atoms with Crippen molar-refractivity contribution in [1.82, 2.24) is 5.16 Å². The molecule has 0 aliphatic rings. The fourth-order valence-electron chi connectivity index (χ4n) is 1.74. The van der Waals surface area contributed by atoms with Gasteiger partial charge in [0.25, 0.3) is 0 Å². The fourth-order valence-corrected chi connectivity index (χ4v) is 1.74. The van der Waals surface area contributed by atoms with E-state index in [-0.39, 0.29) is 17.0 Å². The Morgan fingerprint density at radius 2 is 1.79 bits per heavy atom. The molecule has 98 valence electrons. The molecule has 0 spiro atoms. The van der Waals surface area contributed by atoms with Gasteiger partial charge in [0.05, 0.1) is 5.56 Å². The van der Waals surface area contributed by atoms with E-state index in [0.717, 1.165) is 5.56 Å². The van der Waals surface area contributed by atoms with Crippen LogP contribution in [0.25, 0.3) is 11.3 Å². The third-order valence-electron chi connectivity index (χ3n) is 2.91. The van der Waals surface area contributed by atoms with Crippen molar-refractivity contribution in [3.8, 4) is 11.3 Å². The molecule has 0 unspecified atom stereocenters. The van der Waals surface area contributed by atoms with Crippen molar-refractivity contribution < 1.29 is 24.3 Å². The first-order chi connectivity index (χ1) is 8.90. The van der Waals surface area contributed by atoms with Crippen LogP contribution in [0.4, 0.5) is 0 Å². The lowest BCUT2D eigenvalue weighted by molar-refractivity contribution is 0.0679. The second kappa shape index (κ2) is 4.56. The maximum absolute atomic E-state index is 11.1. The molecule has 19 heavy (non-hydrogen) atoms. The first-order valence-electron chi connectivity index (χ1n) is 5.45. The summed E-state index contributed by atoms with van der Waals surface area (Å²) in [5.41, 5.74) is 1.87. The van der Waals surface area contributed by atoms with Crippen LogP contribution >= 0.6 is 0 Å². The molecule has 2 aromatic rings. The number of carbonyl (C=O) groups is 2. The zero-order valence-electron chi connectivity index (χ0n) is 10.3. The van der Waals surface area contributed by atoms with Gasteiger partial charge in [-0.3, -0.25) is 0 Å². The van der Waals surface area contributed by atoms with Crippen LogP contribution in [0.2, 0.25) is 0 Å². The van der Waals surface area contributed by atoms with Gasteiger partial charge in [0.15, 0.2) is 11.5 Å². The topological polar surface area (TPSA) is 101 Å². The summed E-state index contributed by atoms with van der Waals surface area (Å²) in [7, 11) is 0. The summed E-state index contributed by atoms with van der Waals surface area (Å²) in [6.07, 6.45) is 0. The number of carboxylic acids is 2. The third-order valence-corrected chi connectivity index (χ3v) is 2.91. The minimum atomic E-state index is -1.20. The minimum absolute atomic E-state index is 0.156. The molecule has 0 radical (unpaired) electrons. The molecule has 0 bridgehead atoms. The number of aromatic carboxylic acids is 2. The van der Waals surface area contributed by atoms with Gasteiger partial charge in [-0.05, 0) is 37.1 Å². The van der Waals surface area contributed by atoms with Crippen LogP contribution in [0.15, 0.2) is 22.7 Å². The summed E-state index contributed by atoms with van der Waals surface area (Å²) in [6, 6.07) is 4.43. The largest absolute Gasteiger partial charge is 0.478 e. The Kier molecular flexibility index (Phi) is 3.08. The van der Waals surface area contributed by atoms with Crippen LogP contribution in [-0.2, 0) is 0 Å². The van der Waals surface area contributed by atoms with E-state index >= 15 is 0 Å². The van der Waals surface area contributed by atoms with Crippen molar-refractivity contribution in [2.75, 3.05) is 0 Å². The SMILES string of the molecule is Cc1cc(-c2cc(C(=O)O)no2)cc(C(=O)O)c1C. The predicted molar refractivity (Wildman–Crippen MR) is 65.3 cm³/mol. The normalized spacial score (nSPS) is 10.4. The summed E-state index contributed by atoms with van der Waals surface area (Å²) >= 11 is 0. The number of hydrogen-bond acceptors (Lipinski definition) is 4. The highest BCUT2D eigenvalue weighted by molar-refractivity contribution is 5.92. The van der Waals surface area contributed by atoms with Gasteiger partial charge < -0.3 is 14.7 Å². The molecule has 0 amide bonds. The van der Waals surface area contributed by atoms with Gasteiger partial charge in [0.1, 0.15) is 0 Å². The summed E-state index contributed by atoms with van der Waals surface area (Å²) in [4.78, 5) is 21.9. The van der Waals surface area contributed by atoms with Crippen molar-refractivity contribution in [3.63, 3.8) is 0 Å². The second-order valence-corrected chi connectivity index (χ2v) is 4.15. The number of benzene rings is 1. The standard InChI is InChI=1S/C13H11NO5/c1-6-3-8(4-9(7(6)2)12(15)16)11-5-10(13(17)18)14-19-11/h3-5H,1-2H3,(H,15,16)(H,17,18). The molecule has 6 nitrogen and oxygen atoms in total. The number of hydrogen-bond donors (Lipinski definition) is 2. The van der Waals surface area contributed by atoms with Gasteiger partial charge in [-0.25, -0.2) is 9.59 Å². The van der Waals surface area contributed by atoms with Crippen LogP contribution in [-0.4, -0.2) is 27.3 Å². The number of nitrogens with zero attached hydrogens (tertiary/aromatic N) is 1. The average molecular weight is 261 g/mol. The van der Waals surface area contributed by atoms with Crippen molar-refractivity contribution in [1.29, 1.82) is 0 Å². The zero-order chi connectivity index (χ0) is 14.2. The van der Waals surface area contributed by atoms with Crippen LogP contribution in [0, 0.1) is 13.8 Å². The molecule has 0 aliphatic heterocycles. The minimum Gasteiger partial charge on any atom is -0.478 e. The van der Waals surface area contributed by atoms with E-state index < -0.39 is 11.9 Å². The van der Waals surface area contributed by atoms with E-state index in [2.05, 4.69) is 5.16 Å². The molecule has 0 saturated carbocycles. The Labute approximate surface area is 108 Å². The number of aromatic nitrogens is 1. The molecule has 1 aromatic heterocycles. The van der Waals surface area contributed by atoms with E-state index in [9.17, 15) is 9.59 Å². The molecule has 1 heterocycles. The Hall–Kier alpha value is -2.63. The Balaban J connectivity index is 2.56. The zero-order valence-corrected chi connectivity index (χ0v) is 10.3. The van der Waals surface area contributed by atoms with Gasteiger partial charge >= 0.3 is 11.9 Å². The van der Waals surface area contributed by atoms with Crippen LogP contribution in [0.5, 0.6) is 0 Å². The van der Waals surface area contributed by atoms with E-state index in [1.165, 1.54) is 12.1 Å². The molecule has 2 N–H and O–H groups in total. The highest BCUT2D eigenvalue weighted by Gasteiger charge is 2.16. The molecule has 0 saturated heterocycles. The number of aryl methyl sites for hydroxylation is 1. The van der Waals surface area contributed by atoms with Crippen molar-refractivity contribution in [2.24, 2.45) is 0 Å². The van der Waals surface area contributed by atoms with E-state index in [0.29, 0.717) is 11.1 Å². The molecular formula is C13H11NO5. The lowest BCUT2D eigenvalue weighted by Gasteiger charge is -2.07. The highest BCUT2D eigenvalue weighted by atomic mass is 16.5. The molecular weight excluding hydrogens is 250 g/mol. The predicted octanol–water partition coefficient (Wildman–Crippen LogP) is 2.35. The lowest BCUT2D eigenvalue weighted by Crippen LogP contribution is -2.01. The highest BCUT2D eigenvalue weighted by Crippen LogP contribution is 2.26. The van der Waals surface area contributed by atoms with E-state index in [4.69, 9.17) is 14.7 Å². The van der Waals surface area contributed by atoms with Gasteiger partial charge in [-0.1, -0.05) is 5.16 Å². The van der Waals surface area contributed by atoms with E-state index in [1.54, 1.807) is 19.9 Å². The Bertz CT molecular complexity index is 672. The fraction of sp³-hybridized carbons (Fsp3) is 0.154. The number of rotatable bonds is 3. The van der Waals surface area contributed by atoms with Gasteiger partial charge in [0, 0.05) is 11.6 Å². The smallest absolute Gasteiger partial charge is 0.358 e. The number of carboxylic acid groups (broad SMARTS) is 2. The van der Waals surface area contributed by atoms with Crippen molar-refractivity contribution in [3.05, 3.63) is 40.6 Å². The first kappa shape index (κ1) is 12.8. The maximum Gasteiger partial charge on any atom is 0.358 e. The monoisotopic (exact) mass is 261 g/mol. The lowest BCUT2D eigenvalue weighted by atomic mass is 9.98. The van der Waals surface area contributed by atoms with Crippen molar-refractivity contribution >= 4 is 11.9 Å². The molecule has 0 atom stereocenters. The molecule has 0 aliphatic carbocycles. The quantitative estimate of drug-likeness (QED) is 0.879. The Morgan fingerprint density at radius 1 is 1.11 bits per heavy atom. The average Bonchev–Trinajstić information content (AvgIpc) is 2.81. The van der Waals surface area contributed by atoms with E-state index in [1.807, 2.05) is 0 Å². The second-order valence-electron chi connectivity index (χ2n) is 4.15. The molecule has 1 aromatic carbocycles.